The predicted molar refractivity (Wildman–Crippen MR) is 84.7 cm³/mol. The molecule has 0 atom stereocenters. The lowest BCUT2D eigenvalue weighted by Crippen LogP contribution is -2.56. The molecule has 0 fully saturated rings. The van der Waals surface area contributed by atoms with Crippen molar-refractivity contribution in [3.8, 4) is 0 Å². The summed E-state index contributed by atoms with van der Waals surface area (Å²) in [4.78, 5) is 9.31. The normalized spacial score (nSPS) is 17.0. The number of aromatic nitrogens is 1. The van der Waals surface area contributed by atoms with Crippen LogP contribution in [0.3, 0.4) is 0 Å². The van der Waals surface area contributed by atoms with E-state index in [4.69, 9.17) is 16.3 Å². The quantitative estimate of drug-likeness (QED) is 0.673. The molecule has 1 aliphatic heterocycles. The van der Waals surface area contributed by atoms with E-state index in [9.17, 15) is 26.3 Å². The van der Waals surface area contributed by atoms with Gasteiger partial charge in [0.25, 0.3) is 0 Å². The SMILES string of the molecule is FC(F)(F)C1(C(F)(F)F)N=C(c2ccncc2)OC(c2cccc(Cl)c2)=N1. The Kier molecular flexibility index (Phi) is 4.62. The van der Waals surface area contributed by atoms with Crippen LogP contribution in [0.1, 0.15) is 11.1 Å². The summed E-state index contributed by atoms with van der Waals surface area (Å²) in [7, 11) is 0. The van der Waals surface area contributed by atoms with Crippen LogP contribution in [-0.2, 0) is 4.74 Å². The Hall–Kier alpha value is -2.62. The van der Waals surface area contributed by atoms with Crippen LogP contribution in [0.15, 0.2) is 58.8 Å². The highest BCUT2D eigenvalue weighted by atomic mass is 35.5. The first-order valence-corrected chi connectivity index (χ1v) is 7.59. The maximum Gasteiger partial charge on any atom is 0.443 e. The first kappa shape index (κ1) is 19.2. The van der Waals surface area contributed by atoms with Gasteiger partial charge in [-0.2, -0.15) is 26.3 Å². The van der Waals surface area contributed by atoms with Crippen molar-refractivity contribution >= 4 is 23.4 Å². The van der Waals surface area contributed by atoms with Gasteiger partial charge in [0.1, 0.15) is 0 Å². The molecule has 0 saturated heterocycles. The smallest absolute Gasteiger partial charge is 0.420 e. The van der Waals surface area contributed by atoms with Gasteiger partial charge in [0.2, 0.25) is 11.8 Å². The molecule has 11 heteroatoms. The molecule has 4 nitrogen and oxygen atoms in total. The molecule has 0 saturated carbocycles. The highest BCUT2D eigenvalue weighted by Crippen LogP contribution is 2.49. The lowest BCUT2D eigenvalue weighted by Gasteiger charge is -2.34. The summed E-state index contributed by atoms with van der Waals surface area (Å²) in [5.74, 6) is -1.80. The van der Waals surface area contributed by atoms with E-state index in [1.54, 1.807) is 0 Å². The number of hydrogen-bond donors (Lipinski definition) is 0. The molecule has 0 radical (unpaired) electrons. The summed E-state index contributed by atoms with van der Waals surface area (Å²) in [6, 6.07) is 7.41. The van der Waals surface area contributed by atoms with Gasteiger partial charge in [-0.1, -0.05) is 17.7 Å². The molecule has 0 aliphatic carbocycles. The van der Waals surface area contributed by atoms with Crippen LogP contribution in [0, 0.1) is 0 Å². The van der Waals surface area contributed by atoms with Gasteiger partial charge >= 0.3 is 18.0 Å². The molecule has 3 rings (SSSR count). The fraction of sp³-hybridized carbons (Fsp3) is 0.188. The van der Waals surface area contributed by atoms with Crippen LogP contribution in [0.4, 0.5) is 26.3 Å². The minimum Gasteiger partial charge on any atom is -0.420 e. The second-order valence-corrected chi connectivity index (χ2v) is 5.79. The fourth-order valence-electron chi connectivity index (χ4n) is 2.23. The largest absolute Gasteiger partial charge is 0.443 e. The summed E-state index contributed by atoms with van der Waals surface area (Å²) in [6.07, 6.45) is -9.38. The van der Waals surface area contributed by atoms with Gasteiger partial charge in [-0.3, -0.25) is 4.98 Å². The zero-order valence-corrected chi connectivity index (χ0v) is 13.8. The van der Waals surface area contributed by atoms with Crippen LogP contribution in [0.5, 0.6) is 0 Å². The average Bonchev–Trinajstić information content (AvgIpc) is 2.60. The number of nitrogens with zero attached hydrogens (tertiary/aromatic N) is 3. The number of ether oxygens (including phenoxy) is 1. The van der Waals surface area contributed by atoms with Crippen molar-refractivity contribution in [3.05, 3.63) is 64.9 Å². The molecule has 0 spiro atoms. The number of benzene rings is 1. The van der Waals surface area contributed by atoms with Crippen molar-refractivity contribution in [3.63, 3.8) is 0 Å². The second kappa shape index (κ2) is 6.52. The Labute approximate surface area is 153 Å². The minimum absolute atomic E-state index is 0.0800. The minimum atomic E-state index is -5.86. The van der Waals surface area contributed by atoms with E-state index in [1.165, 1.54) is 30.6 Å². The van der Waals surface area contributed by atoms with Gasteiger partial charge in [0, 0.05) is 28.5 Å². The zero-order valence-electron chi connectivity index (χ0n) is 13.0. The molecule has 0 N–H and O–H groups in total. The number of alkyl halides is 6. The second-order valence-electron chi connectivity index (χ2n) is 5.35. The number of halogens is 7. The van der Waals surface area contributed by atoms with E-state index in [2.05, 4.69) is 15.0 Å². The third-order valence-electron chi connectivity index (χ3n) is 3.51. The lowest BCUT2D eigenvalue weighted by molar-refractivity contribution is -0.293. The van der Waals surface area contributed by atoms with E-state index in [1.807, 2.05) is 0 Å². The Balaban J connectivity index is 2.26. The Morgan fingerprint density at radius 3 is 1.89 bits per heavy atom. The van der Waals surface area contributed by atoms with Gasteiger partial charge in [0.15, 0.2) is 0 Å². The molecular weight excluding hydrogens is 400 g/mol. The first-order valence-electron chi connectivity index (χ1n) is 7.21. The van der Waals surface area contributed by atoms with Crippen molar-refractivity contribution in [2.45, 2.75) is 18.0 Å². The summed E-state index contributed by atoms with van der Waals surface area (Å²) < 4.78 is 86.3. The summed E-state index contributed by atoms with van der Waals surface area (Å²) in [5.41, 5.74) is -5.01. The van der Waals surface area contributed by atoms with Crippen LogP contribution in [0.25, 0.3) is 0 Å². The molecule has 0 bridgehead atoms. The summed E-state index contributed by atoms with van der Waals surface area (Å²) in [6.45, 7) is 0. The van der Waals surface area contributed by atoms with E-state index < -0.39 is 29.8 Å². The monoisotopic (exact) mass is 407 g/mol. The van der Waals surface area contributed by atoms with Crippen LogP contribution >= 0.6 is 11.6 Å². The standard InChI is InChI=1S/C16H8ClF6N3O/c17-11-3-1-2-10(8-11)13-26-14(15(18,19)20,16(21,22)23)25-12(27-13)9-4-6-24-7-5-9/h1-8H. The van der Waals surface area contributed by atoms with Crippen LogP contribution in [0.2, 0.25) is 5.02 Å². The van der Waals surface area contributed by atoms with Crippen molar-refractivity contribution in [2.24, 2.45) is 9.98 Å². The number of pyridine rings is 1. The maximum absolute atomic E-state index is 13.5. The molecule has 0 unspecified atom stereocenters. The molecular formula is C16H8ClF6N3O. The molecule has 0 amide bonds. The van der Waals surface area contributed by atoms with E-state index >= 15 is 0 Å². The Morgan fingerprint density at radius 1 is 0.815 bits per heavy atom. The molecule has 1 aromatic carbocycles. The summed E-state index contributed by atoms with van der Waals surface area (Å²) >= 11 is 5.77. The molecule has 142 valence electrons. The van der Waals surface area contributed by atoms with Crippen molar-refractivity contribution in [1.29, 1.82) is 0 Å². The van der Waals surface area contributed by atoms with Gasteiger partial charge in [0.05, 0.1) is 0 Å². The first-order chi connectivity index (χ1) is 12.5. The maximum atomic E-state index is 13.5. The van der Waals surface area contributed by atoms with Crippen LogP contribution in [-0.4, -0.2) is 34.8 Å². The van der Waals surface area contributed by atoms with E-state index in [0.717, 1.165) is 18.2 Å². The van der Waals surface area contributed by atoms with Gasteiger partial charge in [-0.15, -0.1) is 0 Å². The van der Waals surface area contributed by atoms with Gasteiger partial charge in [-0.25, -0.2) is 9.98 Å². The average molecular weight is 408 g/mol. The van der Waals surface area contributed by atoms with Crippen molar-refractivity contribution in [2.75, 3.05) is 0 Å². The third-order valence-corrected chi connectivity index (χ3v) is 3.74. The number of hydrogen-bond acceptors (Lipinski definition) is 4. The highest BCUT2D eigenvalue weighted by Gasteiger charge is 2.74. The number of rotatable bonds is 2. The van der Waals surface area contributed by atoms with Gasteiger partial charge < -0.3 is 4.74 Å². The topological polar surface area (TPSA) is 46.8 Å². The zero-order chi connectivity index (χ0) is 19.9. The van der Waals surface area contributed by atoms with Crippen LogP contribution < -0.4 is 0 Å². The molecule has 1 aliphatic rings. The Morgan fingerprint density at radius 2 is 1.37 bits per heavy atom. The van der Waals surface area contributed by atoms with Crippen molar-refractivity contribution < 1.29 is 31.1 Å². The Bertz CT molecular complexity index is 894. The molecule has 2 aromatic rings. The van der Waals surface area contributed by atoms with Crippen molar-refractivity contribution in [1.82, 2.24) is 4.98 Å². The van der Waals surface area contributed by atoms with E-state index in [0.29, 0.717) is 0 Å². The number of aliphatic imine (C=N–C) groups is 2. The van der Waals surface area contributed by atoms with E-state index in [-0.39, 0.29) is 16.1 Å². The predicted octanol–water partition coefficient (Wildman–Crippen LogP) is 4.78. The molecule has 27 heavy (non-hydrogen) atoms. The fourth-order valence-corrected chi connectivity index (χ4v) is 2.42. The highest BCUT2D eigenvalue weighted by molar-refractivity contribution is 6.31. The van der Waals surface area contributed by atoms with Gasteiger partial charge in [-0.05, 0) is 30.3 Å². The summed E-state index contributed by atoms with van der Waals surface area (Å²) in [5, 5.41) is 0.0800. The lowest BCUT2D eigenvalue weighted by atomic mass is 10.1. The third kappa shape index (κ3) is 3.48. The molecule has 1 aromatic heterocycles. The molecule has 2 heterocycles.